The molecule has 0 amide bonds. The zero-order valence-electron chi connectivity index (χ0n) is 5.39. The Kier molecular flexibility index (Phi) is 4.56. The first kappa shape index (κ1) is 7.63. The number of aldehydes is 1. The van der Waals surface area contributed by atoms with Gasteiger partial charge in [-0.25, -0.2) is 0 Å². The molecule has 0 rings (SSSR count). The summed E-state index contributed by atoms with van der Waals surface area (Å²) >= 11 is 0. The lowest BCUT2D eigenvalue weighted by Crippen LogP contribution is -2.03. The normalized spacial score (nSPS) is 13.2. The number of ether oxygens (including phenoxy) is 1. The molecule has 0 aliphatic heterocycles. The predicted molar refractivity (Wildman–Crippen MR) is 31.8 cm³/mol. The first-order chi connectivity index (χ1) is 3.81. The molecule has 0 aromatic heterocycles. The maximum absolute atomic E-state index is 9.77. The molecule has 0 aliphatic rings. The van der Waals surface area contributed by atoms with Gasteiger partial charge in [-0.1, -0.05) is 0 Å². The van der Waals surface area contributed by atoms with Gasteiger partial charge in [0.05, 0.1) is 6.10 Å². The van der Waals surface area contributed by atoms with Crippen molar-refractivity contribution in [2.45, 2.75) is 25.9 Å². The van der Waals surface area contributed by atoms with E-state index in [9.17, 15) is 4.79 Å². The van der Waals surface area contributed by atoms with E-state index < -0.39 is 0 Å². The molecular weight excluding hydrogens is 104 g/mol. The predicted octanol–water partition coefficient (Wildman–Crippen LogP) is 1.00. The highest BCUT2D eigenvalue weighted by Gasteiger charge is 1.95. The first-order valence-corrected chi connectivity index (χ1v) is 2.77. The lowest BCUT2D eigenvalue weighted by atomic mass is 10.2. The molecule has 0 saturated carbocycles. The Morgan fingerprint density at radius 3 is 2.75 bits per heavy atom. The Bertz CT molecular complexity index is 61.5. The molecule has 8 heavy (non-hydrogen) atoms. The Balaban J connectivity index is 2.97. The molecule has 0 fully saturated rings. The highest BCUT2D eigenvalue weighted by Crippen LogP contribution is 1.95. The minimum Gasteiger partial charge on any atom is -0.382 e. The fourth-order valence-electron chi connectivity index (χ4n) is 0.421. The van der Waals surface area contributed by atoms with Gasteiger partial charge in [0.15, 0.2) is 0 Å². The van der Waals surface area contributed by atoms with Crippen LogP contribution >= 0.6 is 0 Å². The van der Waals surface area contributed by atoms with Crippen molar-refractivity contribution in [1.82, 2.24) is 0 Å². The molecule has 0 heterocycles. The van der Waals surface area contributed by atoms with Crippen molar-refractivity contribution in [1.29, 1.82) is 0 Å². The van der Waals surface area contributed by atoms with Crippen LogP contribution in [0.25, 0.3) is 0 Å². The maximum atomic E-state index is 9.77. The summed E-state index contributed by atoms with van der Waals surface area (Å²) in [5.41, 5.74) is 0. The third kappa shape index (κ3) is 3.81. The summed E-state index contributed by atoms with van der Waals surface area (Å²) in [6, 6.07) is 0. The van der Waals surface area contributed by atoms with Gasteiger partial charge in [-0.3, -0.25) is 0 Å². The smallest absolute Gasteiger partial charge is 0.120 e. The molecule has 0 aliphatic carbocycles. The molecule has 0 radical (unpaired) electrons. The van der Waals surface area contributed by atoms with Gasteiger partial charge in [0, 0.05) is 13.5 Å². The Labute approximate surface area is 49.8 Å². The van der Waals surface area contributed by atoms with Crippen LogP contribution in [0.2, 0.25) is 0 Å². The number of methoxy groups -OCH3 is 1. The Hall–Kier alpha value is -0.370. The van der Waals surface area contributed by atoms with Crippen LogP contribution in [0.1, 0.15) is 19.8 Å². The van der Waals surface area contributed by atoms with Crippen LogP contribution in [-0.2, 0) is 9.53 Å². The standard InChI is InChI=1S/C6H12O2/c1-6(8-2)4-3-5-7/h5-6H,3-4H2,1-2H3. The second kappa shape index (κ2) is 4.78. The number of carbonyl (C=O) groups excluding carboxylic acids is 1. The summed E-state index contributed by atoms with van der Waals surface area (Å²) in [7, 11) is 1.65. The Morgan fingerprint density at radius 1 is 1.75 bits per heavy atom. The zero-order valence-corrected chi connectivity index (χ0v) is 5.39. The van der Waals surface area contributed by atoms with Crippen LogP contribution in [0.5, 0.6) is 0 Å². The third-order valence-corrected chi connectivity index (χ3v) is 1.09. The van der Waals surface area contributed by atoms with E-state index in [0.717, 1.165) is 12.7 Å². The quantitative estimate of drug-likeness (QED) is 0.512. The second-order valence-corrected chi connectivity index (χ2v) is 1.79. The molecule has 1 atom stereocenters. The molecular formula is C6H12O2. The minimum absolute atomic E-state index is 0.222. The molecule has 0 N–H and O–H groups in total. The van der Waals surface area contributed by atoms with E-state index in [1.807, 2.05) is 6.92 Å². The van der Waals surface area contributed by atoms with Crippen molar-refractivity contribution in [3.8, 4) is 0 Å². The van der Waals surface area contributed by atoms with Crippen LogP contribution in [0, 0.1) is 0 Å². The van der Waals surface area contributed by atoms with E-state index >= 15 is 0 Å². The number of hydrogen-bond acceptors (Lipinski definition) is 2. The maximum Gasteiger partial charge on any atom is 0.120 e. The van der Waals surface area contributed by atoms with Crippen LogP contribution in [-0.4, -0.2) is 19.5 Å². The van der Waals surface area contributed by atoms with Gasteiger partial charge < -0.3 is 9.53 Å². The summed E-state index contributed by atoms with van der Waals surface area (Å²) in [6.45, 7) is 1.95. The topological polar surface area (TPSA) is 26.3 Å². The minimum atomic E-state index is 0.222. The van der Waals surface area contributed by atoms with Gasteiger partial charge in [0.25, 0.3) is 0 Å². The molecule has 2 nitrogen and oxygen atoms in total. The van der Waals surface area contributed by atoms with Gasteiger partial charge in [-0.15, -0.1) is 0 Å². The SMILES string of the molecule is COC(C)CCC=O. The van der Waals surface area contributed by atoms with E-state index in [0.29, 0.717) is 6.42 Å². The summed E-state index contributed by atoms with van der Waals surface area (Å²) in [6.07, 6.45) is 2.57. The summed E-state index contributed by atoms with van der Waals surface area (Å²) in [4.78, 5) is 9.77. The number of hydrogen-bond donors (Lipinski definition) is 0. The van der Waals surface area contributed by atoms with Crippen LogP contribution in [0.4, 0.5) is 0 Å². The first-order valence-electron chi connectivity index (χ1n) is 2.77. The lowest BCUT2D eigenvalue weighted by molar-refractivity contribution is -0.108. The molecule has 0 saturated heterocycles. The van der Waals surface area contributed by atoms with E-state index in [1.54, 1.807) is 7.11 Å². The molecule has 0 bridgehead atoms. The summed E-state index contributed by atoms with van der Waals surface area (Å²) in [5, 5.41) is 0. The van der Waals surface area contributed by atoms with E-state index in [1.165, 1.54) is 0 Å². The molecule has 1 unspecified atom stereocenters. The molecule has 2 heteroatoms. The van der Waals surface area contributed by atoms with Crippen molar-refractivity contribution < 1.29 is 9.53 Å². The van der Waals surface area contributed by atoms with Gasteiger partial charge in [-0.05, 0) is 13.3 Å². The van der Waals surface area contributed by atoms with Crippen molar-refractivity contribution in [2.24, 2.45) is 0 Å². The van der Waals surface area contributed by atoms with Gasteiger partial charge in [0.2, 0.25) is 0 Å². The highest BCUT2D eigenvalue weighted by molar-refractivity contribution is 5.49. The monoisotopic (exact) mass is 116 g/mol. The van der Waals surface area contributed by atoms with Crippen molar-refractivity contribution in [3.63, 3.8) is 0 Å². The molecule has 0 aromatic carbocycles. The molecule has 0 aromatic rings. The lowest BCUT2D eigenvalue weighted by Gasteiger charge is -2.04. The van der Waals surface area contributed by atoms with E-state index in [-0.39, 0.29) is 6.10 Å². The van der Waals surface area contributed by atoms with Gasteiger partial charge in [0.1, 0.15) is 6.29 Å². The number of rotatable bonds is 4. The Morgan fingerprint density at radius 2 is 2.38 bits per heavy atom. The fourth-order valence-corrected chi connectivity index (χ4v) is 0.421. The van der Waals surface area contributed by atoms with Crippen molar-refractivity contribution in [3.05, 3.63) is 0 Å². The molecule has 0 spiro atoms. The molecule has 48 valence electrons. The second-order valence-electron chi connectivity index (χ2n) is 1.79. The van der Waals surface area contributed by atoms with Crippen LogP contribution in [0.15, 0.2) is 0 Å². The zero-order chi connectivity index (χ0) is 6.41. The average molecular weight is 116 g/mol. The van der Waals surface area contributed by atoms with Crippen molar-refractivity contribution >= 4 is 6.29 Å². The van der Waals surface area contributed by atoms with Crippen molar-refractivity contribution in [2.75, 3.05) is 7.11 Å². The van der Waals surface area contributed by atoms with Gasteiger partial charge >= 0.3 is 0 Å². The fraction of sp³-hybridized carbons (Fsp3) is 0.833. The largest absolute Gasteiger partial charge is 0.382 e. The van der Waals surface area contributed by atoms with Crippen LogP contribution < -0.4 is 0 Å². The summed E-state index contributed by atoms with van der Waals surface area (Å²) < 4.78 is 4.89. The van der Waals surface area contributed by atoms with E-state index in [4.69, 9.17) is 4.74 Å². The number of carbonyl (C=O) groups is 1. The van der Waals surface area contributed by atoms with E-state index in [2.05, 4.69) is 0 Å². The average Bonchev–Trinajstić information content (AvgIpc) is 1.83. The highest BCUT2D eigenvalue weighted by atomic mass is 16.5. The van der Waals surface area contributed by atoms with Gasteiger partial charge in [-0.2, -0.15) is 0 Å². The van der Waals surface area contributed by atoms with Crippen LogP contribution in [0.3, 0.4) is 0 Å². The summed E-state index contributed by atoms with van der Waals surface area (Å²) in [5.74, 6) is 0. The third-order valence-electron chi connectivity index (χ3n) is 1.09.